The summed E-state index contributed by atoms with van der Waals surface area (Å²) in [6.45, 7) is 0. The highest BCUT2D eigenvalue weighted by Gasteiger charge is 2.16. The van der Waals surface area contributed by atoms with Crippen LogP contribution >= 0.6 is 11.3 Å². The number of rotatable bonds is 4. The molecule has 22 heavy (non-hydrogen) atoms. The maximum Gasteiger partial charge on any atom is 0.311 e. The van der Waals surface area contributed by atoms with Crippen LogP contribution < -0.4 is 5.32 Å². The number of benzene rings is 1. The van der Waals surface area contributed by atoms with Crippen LogP contribution in [-0.4, -0.2) is 34.2 Å². The van der Waals surface area contributed by atoms with Gasteiger partial charge in [0.25, 0.3) is 5.91 Å². The molecule has 1 amide bonds. The molecule has 3 rings (SSSR count). The summed E-state index contributed by atoms with van der Waals surface area (Å²) in [6.07, 6.45) is 0.0776. The maximum atomic E-state index is 12.3. The number of amides is 1. The molecule has 2 aromatic heterocycles. The lowest BCUT2D eigenvalue weighted by molar-refractivity contribution is -0.139. The predicted molar refractivity (Wildman–Crippen MR) is 81.9 cm³/mol. The molecular weight excluding hydrogens is 304 g/mol. The Labute approximate surface area is 129 Å². The normalized spacial score (nSPS) is 10.6. The Bertz CT molecular complexity index is 839. The van der Waals surface area contributed by atoms with E-state index in [1.807, 2.05) is 24.3 Å². The maximum absolute atomic E-state index is 12.3. The minimum Gasteiger partial charge on any atom is -0.469 e. The van der Waals surface area contributed by atoms with Crippen LogP contribution in [0.3, 0.4) is 0 Å². The number of fused-ring (bicyclic) bond motifs is 1. The van der Waals surface area contributed by atoms with Gasteiger partial charge in [-0.25, -0.2) is 4.98 Å². The molecule has 0 spiro atoms. The smallest absolute Gasteiger partial charge is 0.311 e. The zero-order valence-corrected chi connectivity index (χ0v) is 12.4. The lowest BCUT2D eigenvalue weighted by Gasteiger charge is -1.98. The van der Waals surface area contributed by atoms with Crippen molar-refractivity contribution in [2.75, 3.05) is 12.4 Å². The number of nitrogens with one attached hydrogen (secondary N) is 2. The Morgan fingerprint density at radius 3 is 3.00 bits per heavy atom. The zero-order valence-electron chi connectivity index (χ0n) is 11.6. The molecule has 0 aliphatic carbocycles. The summed E-state index contributed by atoms with van der Waals surface area (Å²) in [5.41, 5.74) is 1.65. The highest BCUT2D eigenvalue weighted by Crippen LogP contribution is 2.19. The van der Waals surface area contributed by atoms with Crippen LogP contribution in [0.2, 0.25) is 0 Å². The molecule has 3 aromatic rings. The van der Waals surface area contributed by atoms with Gasteiger partial charge in [-0.3, -0.25) is 20.0 Å². The van der Waals surface area contributed by atoms with E-state index in [4.69, 9.17) is 0 Å². The van der Waals surface area contributed by atoms with Gasteiger partial charge >= 0.3 is 5.97 Å². The zero-order chi connectivity index (χ0) is 15.5. The number of hydrogen-bond acceptors (Lipinski definition) is 6. The molecule has 2 heterocycles. The van der Waals surface area contributed by atoms with Crippen molar-refractivity contribution in [3.63, 3.8) is 0 Å². The summed E-state index contributed by atoms with van der Waals surface area (Å²) in [5.74, 6) is -0.724. The Morgan fingerprint density at radius 1 is 1.36 bits per heavy atom. The van der Waals surface area contributed by atoms with Gasteiger partial charge in [0, 0.05) is 10.8 Å². The number of aromatic nitrogens is 3. The minimum atomic E-state index is -0.374. The number of carbonyl (C=O) groups excluding carboxylic acids is 2. The largest absolute Gasteiger partial charge is 0.469 e. The van der Waals surface area contributed by atoms with E-state index in [0.717, 1.165) is 10.9 Å². The van der Waals surface area contributed by atoms with E-state index < -0.39 is 0 Å². The molecule has 7 nitrogen and oxygen atoms in total. The van der Waals surface area contributed by atoms with Gasteiger partial charge in [0.15, 0.2) is 10.8 Å². The number of aromatic amines is 1. The summed E-state index contributed by atoms with van der Waals surface area (Å²) in [4.78, 5) is 27.6. The second-order valence-electron chi connectivity index (χ2n) is 4.47. The number of para-hydroxylation sites is 1. The molecule has 0 aliphatic heterocycles. The van der Waals surface area contributed by atoms with Crippen molar-refractivity contribution in [1.82, 2.24) is 15.2 Å². The number of anilines is 1. The van der Waals surface area contributed by atoms with E-state index in [0.29, 0.717) is 16.5 Å². The van der Waals surface area contributed by atoms with Gasteiger partial charge in [0.2, 0.25) is 0 Å². The van der Waals surface area contributed by atoms with E-state index in [1.54, 1.807) is 5.38 Å². The second kappa shape index (κ2) is 5.94. The molecule has 112 valence electrons. The quantitative estimate of drug-likeness (QED) is 0.717. The van der Waals surface area contributed by atoms with Gasteiger partial charge in [-0.15, -0.1) is 11.3 Å². The number of ether oxygens (including phenoxy) is 1. The number of esters is 1. The SMILES string of the molecule is COC(=O)Cc1csc(NC(=O)c2n[nH]c3ccccc23)n1. The number of hydrogen-bond donors (Lipinski definition) is 2. The average molecular weight is 316 g/mol. The third kappa shape index (κ3) is 2.82. The molecule has 0 radical (unpaired) electrons. The molecule has 0 saturated heterocycles. The van der Waals surface area contributed by atoms with Gasteiger partial charge in [-0.05, 0) is 6.07 Å². The van der Waals surface area contributed by atoms with Crippen molar-refractivity contribution in [3.05, 3.63) is 41.0 Å². The summed E-state index contributed by atoms with van der Waals surface area (Å²) < 4.78 is 4.58. The van der Waals surface area contributed by atoms with Gasteiger partial charge in [0.1, 0.15) is 0 Å². The van der Waals surface area contributed by atoms with E-state index in [-0.39, 0.29) is 18.3 Å². The van der Waals surface area contributed by atoms with Crippen LogP contribution in [0.4, 0.5) is 5.13 Å². The van der Waals surface area contributed by atoms with Gasteiger partial charge < -0.3 is 4.74 Å². The fraction of sp³-hybridized carbons (Fsp3) is 0.143. The Kier molecular flexibility index (Phi) is 3.84. The molecule has 2 N–H and O–H groups in total. The van der Waals surface area contributed by atoms with Crippen LogP contribution in [0.25, 0.3) is 10.9 Å². The second-order valence-corrected chi connectivity index (χ2v) is 5.33. The first-order valence-electron chi connectivity index (χ1n) is 6.43. The van der Waals surface area contributed by atoms with Crippen LogP contribution in [0, 0.1) is 0 Å². The summed E-state index contributed by atoms with van der Waals surface area (Å²) >= 11 is 1.24. The minimum absolute atomic E-state index is 0.0776. The highest BCUT2D eigenvalue weighted by atomic mass is 32.1. The van der Waals surface area contributed by atoms with Crippen molar-refractivity contribution in [1.29, 1.82) is 0 Å². The van der Waals surface area contributed by atoms with Crippen LogP contribution in [0.15, 0.2) is 29.6 Å². The lowest BCUT2D eigenvalue weighted by atomic mass is 10.2. The Balaban J connectivity index is 1.76. The Hall–Kier alpha value is -2.74. The fourth-order valence-corrected chi connectivity index (χ4v) is 2.66. The molecule has 0 saturated carbocycles. The van der Waals surface area contributed by atoms with E-state index in [9.17, 15) is 9.59 Å². The summed E-state index contributed by atoms with van der Waals surface area (Å²) in [5, 5.41) is 12.4. The molecule has 0 atom stereocenters. The summed E-state index contributed by atoms with van der Waals surface area (Å²) in [6, 6.07) is 7.36. The molecule has 0 bridgehead atoms. The van der Waals surface area contributed by atoms with Crippen molar-refractivity contribution in [2.45, 2.75) is 6.42 Å². The molecule has 0 aliphatic rings. The van der Waals surface area contributed by atoms with Crippen molar-refractivity contribution in [3.8, 4) is 0 Å². The van der Waals surface area contributed by atoms with Crippen LogP contribution in [-0.2, 0) is 16.0 Å². The van der Waals surface area contributed by atoms with Crippen molar-refractivity contribution >= 4 is 39.2 Å². The average Bonchev–Trinajstić information content (AvgIpc) is 3.13. The standard InChI is InChI=1S/C14H12N4O3S/c1-21-11(19)6-8-7-22-14(15-8)16-13(20)12-9-4-2-3-5-10(9)17-18-12/h2-5,7H,6H2,1H3,(H,17,18)(H,15,16,20). The van der Waals surface area contributed by atoms with Crippen molar-refractivity contribution < 1.29 is 14.3 Å². The van der Waals surface area contributed by atoms with E-state index in [2.05, 4.69) is 25.2 Å². The monoisotopic (exact) mass is 316 g/mol. The molecular formula is C14H12N4O3S. The first kappa shape index (κ1) is 14.2. The number of nitrogens with zero attached hydrogens (tertiary/aromatic N) is 2. The molecule has 0 fully saturated rings. The van der Waals surface area contributed by atoms with Crippen molar-refractivity contribution in [2.24, 2.45) is 0 Å². The number of methoxy groups -OCH3 is 1. The molecule has 8 heteroatoms. The van der Waals surface area contributed by atoms with Crippen LogP contribution in [0.1, 0.15) is 16.2 Å². The number of H-pyrrole nitrogens is 1. The topological polar surface area (TPSA) is 97.0 Å². The third-order valence-corrected chi connectivity index (χ3v) is 3.82. The fourth-order valence-electron chi connectivity index (χ4n) is 1.96. The van der Waals surface area contributed by atoms with Gasteiger partial charge in [-0.2, -0.15) is 5.10 Å². The Morgan fingerprint density at radius 2 is 2.18 bits per heavy atom. The molecule has 0 unspecified atom stereocenters. The van der Waals surface area contributed by atoms with E-state index in [1.165, 1.54) is 18.4 Å². The molecule has 1 aromatic carbocycles. The first-order chi connectivity index (χ1) is 10.7. The number of thiazole rings is 1. The number of carbonyl (C=O) groups is 2. The highest BCUT2D eigenvalue weighted by molar-refractivity contribution is 7.14. The van der Waals surface area contributed by atoms with Crippen LogP contribution in [0.5, 0.6) is 0 Å². The summed E-state index contributed by atoms with van der Waals surface area (Å²) in [7, 11) is 1.32. The third-order valence-electron chi connectivity index (χ3n) is 3.01. The van der Waals surface area contributed by atoms with Gasteiger partial charge in [-0.1, -0.05) is 18.2 Å². The lowest BCUT2D eigenvalue weighted by Crippen LogP contribution is -2.13. The van der Waals surface area contributed by atoms with E-state index >= 15 is 0 Å². The first-order valence-corrected chi connectivity index (χ1v) is 7.31. The van der Waals surface area contributed by atoms with Gasteiger partial charge in [0.05, 0.1) is 24.7 Å². The predicted octanol–water partition coefficient (Wildman–Crippen LogP) is 1.99.